The first-order chi connectivity index (χ1) is 13.3. The zero-order valence-corrected chi connectivity index (χ0v) is 19.6. The number of aliphatic imine (C=N–C) groups is 1. The van der Waals surface area contributed by atoms with Gasteiger partial charge in [0, 0.05) is 40.1 Å². The molecule has 2 aromatic rings. The van der Waals surface area contributed by atoms with Crippen LogP contribution in [0.15, 0.2) is 39.8 Å². The van der Waals surface area contributed by atoms with Crippen molar-refractivity contribution in [3.8, 4) is 5.75 Å². The molecule has 3 rings (SSSR count). The van der Waals surface area contributed by atoms with Crippen molar-refractivity contribution >= 4 is 45.1 Å². The van der Waals surface area contributed by atoms with E-state index < -0.39 is 0 Å². The zero-order valence-electron chi connectivity index (χ0n) is 17.2. The molecule has 1 aliphatic heterocycles. The third-order valence-electron chi connectivity index (χ3n) is 5.44. The third-order valence-corrected chi connectivity index (χ3v) is 6.67. The molecule has 0 aliphatic carbocycles. The first-order valence-electron chi connectivity index (χ1n) is 9.75. The van der Waals surface area contributed by atoms with Gasteiger partial charge in [0.2, 0.25) is 0 Å². The van der Waals surface area contributed by atoms with Gasteiger partial charge in [0.1, 0.15) is 5.75 Å². The number of ether oxygens (including phenoxy) is 1. The van der Waals surface area contributed by atoms with E-state index in [0.29, 0.717) is 10.9 Å². The molecular weight excluding hydrogens is 436 g/mol. The van der Waals surface area contributed by atoms with Gasteiger partial charge in [-0.25, -0.2) is 0 Å². The number of rotatable bonds is 5. The van der Waals surface area contributed by atoms with Gasteiger partial charge in [-0.05, 0) is 78.4 Å². The van der Waals surface area contributed by atoms with Gasteiger partial charge in [-0.3, -0.25) is 4.99 Å². The lowest BCUT2D eigenvalue weighted by Crippen LogP contribution is -2.48. The van der Waals surface area contributed by atoms with Crippen molar-refractivity contribution in [1.82, 2.24) is 0 Å². The van der Waals surface area contributed by atoms with E-state index in [4.69, 9.17) is 16.3 Å². The quantitative estimate of drug-likeness (QED) is 0.432. The van der Waals surface area contributed by atoms with Crippen LogP contribution in [0.5, 0.6) is 5.75 Å². The minimum atomic E-state index is 0.136. The zero-order chi connectivity index (χ0) is 20.5. The topological polar surface area (TPSA) is 24.8 Å². The molecule has 0 radical (unpaired) electrons. The van der Waals surface area contributed by atoms with E-state index in [1.165, 1.54) is 11.3 Å². The standard InChI is InChI=1S/C23H28BrClN2O/c1-6-9-27-21-12-22(28-5)16(10-18(21)15(2)13-23(27,3)4)14-26-17-7-8-19(24)20(25)11-17/h7-8,10-12,14-15H,6,9,13H2,1-5H3. The summed E-state index contributed by atoms with van der Waals surface area (Å²) in [5.41, 5.74) is 4.59. The van der Waals surface area contributed by atoms with E-state index in [9.17, 15) is 0 Å². The van der Waals surface area contributed by atoms with Crippen molar-refractivity contribution < 1.29 is 4.74 Å². The van der Waals surface area contributed by atoms with Crippen molar-refractivity contribution in [3.05, 3.63) is 51.0 Å². The third kappa shape index (κ3) is 4.23. The Morgan fingerprint density at radius 3 is 2.71 bits per heavy atom. The highest BCUT2D eigenvalue weighted by Crippen LogP contribution is 2.45. The van der Waals surface area contributed by atoms with Crippen molar-refractivity contribution in [1.29, 1.82) is 0 Å². The summed E-state index contributed by atoms with van der Waals surface area (Å²) >= 11 is 9.60. The number of halogens is 2. The lowest BCUT2D eigenvalue weighted by Gasteiger charge is -2.47. The van der Waals surface area contributed by atoms with Crippen LogP contribution in [-0.4, -0.2) is 25.4 Å². The Balaban J connectivity index is 2.03. The molecule has 0 amide bonds. The second kappa shape index (κ2) is 8.46. The summed E-state index contributed by atoms with van der Waals surface area (Å²) in [6.07, 6.45) is 4.12. The molecule has 28 heavy (non-hydrogen) atoms. The molecule has 1 unspecified atom stereocenters. The smallest absolute Gasteiger partial charge is 0.129 e. The predicted molar refractivity (Wildman–Crippen MR) is 124 cm³/mol. The summed E-state index contributed by atoms with van der Waals surface area (Å²) in [6, 6.07) is 10.1. The van der Waals surface area contributed by atoms with Crippen LogP contribution in [0.4, 0.5) is 11.4 Å². The molecule has 5 heteroatoms. The molecule has 0 aromatic heterocycles. The van der Waals surface area contributed by atoms with Gasteiger partial charge in [0.05, 0.1) is 17.8 Å². The number of nitrogens with zero attached hydrogens (tertiary/aromatic N) is 2. The summed E-state index contributed by atoms with van der Waals surface area (Å²) in [5.74, 6) is 1.33. The van der Waals surface area contributed by atoms with E-state index in [1.54, 1.807) is 7.11 Å². The molecule has 0 bridgehead atoms. The Labute approximate surface area is 181 Å². The molecule has 0 saturated carbocycles. The minimum Gasteiger partial charge on any atom is -0.496 e. The number of benzene rings is 2. The Morgan fingerprint density at radius 2 is 2.07 bits per heavy atom. The fourth-order valence-corrected chi connectivity index (χ4v) is 4.58. The molecule has 3 nitrogen and oxygen atoms in total. The molecule has 1 aliphatic rings. The molecule has 0 spiro atoms. The van der Waals surface area contributed by atoms with Gasteiger partial charge in [-0.2, -0.15) is 0 Å². The summed E-state index contributed by atoms with van der Waals surface area (Å²) < 4.78 is 6.59. The molecule has 0 N–H and O–H groups in total. The highest BCUT2D eigenvalue weighted by Gasteiger charge is 2.36. The van der Waals surface area contributed by atoms with Crippen molar-refractivity contribution in [2.75, 3.05) is 18.6 Å². The maximum atomic E-state index is 6.19. The Kier molecular flexibility index (Phi) is 6.41. The Bertz CT molecular complexity index is 894. The largest absolute Gasteiger partial charge is 0.496 e. The maximum absolute atomic E-state index is 6.19. The number of hydrogen-bond donors (Lipinski definition) is 0. The highest BCUT2D eigenvalue weighted by molar-refractivity contribution is 9.10. The van der Waals surface area contributed by atoms with Crippen LogP contribution in [-0.2, 0) is 0 Å². The molecular formula is C23H28BrClN2O. The Hall–Kier alpha value is -1.52. The van der Waals surface area contributed by atoms with Crippen LogP contribution >= 0.6 is 27.5 Å². The van der Waals surface area contributed by atoms with E-state index in [-0.39, 0.29) is 5.54 Å². The Morgan fingerprint density at radius 1 is 1.32 bits per heavy atom. The summed E-state index contributed by atoms with van der Waals surface area (Å²) in [6.45, 7) is 10.3. The van der Waals surface area contributed by atoms with Crippen LogP contribution in [0.3, 0.4) is 0 Å². The molecule has 2 aromatic carbocycles. The number of methoxy groups -OCH3 is 1. The van der Waals surface area contributed by atoms with Crippen LogP contribution in [0, 0.1) is 0 Å². The average molecular weight is 464 g/mol. The fourth-order valence-electron chi connectivity index (χ4n) is 4.16. The number of anilines is 1. The van der Waals surface area contributed by atoms with Gasteiger partial charge in [0.25, 0.3) is 0 Å². The lowest BCUT2D eigenvalue weighted by molar-refractivity contribution is 0.372. The first-order valence-corrected chi connectivity index (χ1v) is 10.9. The molecule has 1 heterocycles. The minimum absolute atomic E-state index is 0.136. The first kappa shape index (κ1) is 21.2. The van der Waals surface area contributed by atoms with E-state index in [1.807, 2.05) is 24.4 Å². The summed E-state index contributed by atoms with van der Waals surface area (Å²) in [5, 5.41) is 0.651. The van der Waals surface area contributed by atoms with Gasteiger partial charge in [-0.15, -0.1) is 0 Å². The van der Waals surface area contributed by atoms with Gasteiger partial charge >= 0.3 is 0 Å². The van der Waals surface area contributed by atoms with Crippen LogP contribution < -0.4 is 9.64 Å². The molecule has 1 atom stereocenters. The number of fused-ring (bicyclic) bond motifs is 1. The molecule has 0 fully saturated rings. The van der Waals surface area contributed by atoms with Crippen LogP contribution in [0.1, 0.15) is 57.6 Å². The number of hydrogen-bond acceptors (Lipinski definition) is 3. The van der Waals surface area contributed by atoms with Crippen molar-refractivity contribution in [2.24, 2.45) is 4.99 Å². The van der Waals surface area contributed by atoms with Crippen molar-refractivity contribution in [2.45, 2.75) is 52.0 Å². The van der Waals surface area contributed by atoms with Gasteiger partial charge in [0.15, 0.2) is 0 Å². The van der Waals surface area contributed by atoms with Gasteiger partial charge < -0.3 is 9.64 Å². The second-order valence-electron chi connectivity index (χ2n) is 8.08. The normalized spacial score (nSPS) is 18.4. The summed E-state index contributed by atoms with van der Waals surface area (Å²) in [4.78, 5) is 7.15. The monoisotopic (exact) mass is 462 g/mol. The van der Waals surface area contributed by atoms with E-state index in [0.717, 1.165) is 40.9 Å². The molecule has 0 saturated heterocycles. The van der Waals surface area contributed by atoms with Crippen LogP contribution in [0.25, 0.3) is 0 Å². The van der Waals surface area contributed by atoms with E-state index >= 15 is 0 Å². The highest BCUT2D eigenvalue weighted by atomic mass is 79.9. The van der Waals surface area contributed by atoms with Crippen LogP contribution in [0.2, 0.25) is 5.02 Å². The predicted octanol–water partition coefficient (Wildman–Crippen LogP) is 7.36. The van der Waals surface area contributed by atoms with E-state index in [2.05, 4.69) is 65.6 Å². The molecule has 150 valence electrons. The lowest BCUT2D eigenvalue weighted by atomic mass is 9.79. The summed E-state index contributed by atoms with van der Waals surface area (Å²) in [7, 11) is 1.72. The van der Waals surface area contributed by atoms with Gasteiger partial charge in [-0.1, -0.05) is 25.4 Å². The second-order valence-corrected chi connectivity index (χ2v) is 9.34. The maximum Gasteiger partial charge on any atom is 0.129 e. The SMILES string of the molecule is CCCN1c2cc(OC)c(C=Nc3ccc(Br)c(Cl)c3)cc2C(C)CC1(C)C. The van der Waals surface area contributed by atoms with Crippen molar-refractivity contribution in [3.63, 3.8) is 0 Å². The average Bonchev–Trinajstić information content (AvgIpc) is 2.65. The fraction of sp³-hybridized carbons (Fsp3) is 0.435.